The van der Waals surface area contributed by atoms with E-state index in [0.29, 0.717) is 18.5 Å². The van der Waals surface area contributed by atoms with Crippen molar-refractivity contribution in [2.24, 2.45) is 0 Å². The lowest BCUT2D eigenvalue weighted by Crippen LogP contribution is -2.36. The highest BCUT2D eigenvalue weighted by atomic mass is 16.5. The minimum Gasteiger partial charge on any atom is -0.468 e. The van der Waals surface area contributed by atoms with Crippen molar-refractivity contribution in [1.29, 1.82) is 5.26 Å². The van der Waals surface area contributed by atoms with Crippen LogP contribution in [0.4, 0.5) is 0 Å². The molecule has 0 aliphatic rings. The van der Waals surface area contributed by atoms with Crippen LogP contribution in [0, 0.1) is 11.3 Å². The third-order valence-corrected chi connectivity index (χ3v) is 3.76. The highest BCUT2D eigenvalue weighted by Crippen LogP contribution is 2.23. The zero-order chi connectivity index (χ0) is 16.7. The van der Waals surface area contributed by atoms with Gasteiger partial charge in [0.1, 0.15) is 6.04 Å². The Hall–Kier alpha value is -2.64. The third-order valence-electron chi connectivity index (χ3n) is 3.76. The van der Waals surface area contributed by atoms with Gasteiger partial charge < -0.3 is 10.1 Å². The van der Waals surface area contributed by atoms with Crippen LogP contribution >= 0.6 is 0 Å². The quantitative estimate of drug-likeness (QED) is 0.832. The van der Waals surface area contributed by atoms with Crippen LogP contribution in [0.2, 0.25) is 0 Å². The van der Waals surface area contributed by atoms with Gasteiger partial charge in [0.15, 0.2) is 0 Å². The minimum atomic E-state index is -0.293. The van der Waals surface area contributed by atoms with Crippen molar-refractivity contribution in [3.8, 4) is 17.2 Å². The van der Waals surface area contributed by atoms with Crippen LogP contribution in [0.3, 0.4) is 0 Å². The van der Waals surface area contributed by atoms with E-state index in [1.807, 2.05) is 55.5 Å². The topological polar surface area (TPSA) is 62.1 Å². The van der Waals surface area contributed by atoms with E-state index in [9.17, 15) is 10.1 Å². The van der Waals surface area contributed by atoms with E-state index < -0.39 is 0 Å². The Bertz CT molecular complexity index is 702. The highest BCUT2D eigenvalue weighted by Gasteiger charge is 2.15. The first kappa shape index (κ1) is 16.7. The number of nitrogens with zero attached hydrogens (tertiary/aromatic N) is 1. The first-order valence-corrected chi connectivity index (χ1v) is 7.59. The number of carbonyl (C=O) groups is 1. The monoisotopic (exact) mass is 308 g/mol. The average molecular weight is 308 g/mol. The van der Waals surface area contributed by atoms with Crippen LogP contribution < -0.4 is 5.32 Å². The molecule has 0 saturated heterocycles. The van der Waals surface area contributed by atoms with Gasteiger partial charge in [-0.05, 0) is 29.2 Å². The molecule has 2 rings (SSSR count). The summed E-state index contributed by atoms with van der Waals surface area (Å²) < 4.78 is 4.76. The summed E-state index contributed by atoms with van der Waals surface area (Å²) in [5.41, 5.74) is 3.67. The van der Waals surface area contributed by atoms with Crippen molar-refractivity contribution in [2.45, 2.75) is 25.9 Å². The molecule has 2 aromatic carbocycles. The summed E-state index contributed by atoms with van der Waals surface area (Å²) >= 11 is 0. The summed E-state index contributed by atoms with van der Waals surface area (Å²) in [4.78, 5) is 11.6. The predicted molar refractivity (Wildman–Crippen MR) is 89.5 cm³/mol. The van der Waals surface area contributed by atoms with Gasteiger partial charge in [-0.25, -0.2) is 0 Å². The second-order valence-corrected chi connectivity index (χ2v) is 5.22. The molecule has 0 aliphatic carbocycles. The number of hydrogen-bond acceptors (Lipinski definition) is 4. The van der Waals surface area contributed by atoms with Gasteiger partial charge in [-0.1, -0.05) is 49.4 Å². The maximum atomic E-state index is 11.6. The van der Waals surface area contributed by atoms with Gasteiger partial charge >= 0.3 is 5.97 Å². The molecule has 23 heavy (non-hydrogen) atoms. The van der Waals surface area contributed by atoms with Crippen LogP contribution in [-0.2, 0) is 16.1 Å². The number of esters is 1. The largest absolute Gasteiger partial charge is 0.468 e. The van der Waals surface area contributed by atoms with E-state index in [1.54, 1.807) is 0 Å². The highest BCUT2D eigenvalue weighted by molar-refractivity contribution is 5.75. The van der Waals surface area contributed by atoms with Crippen LogP contribution in [0.15, 0.2) is 48.5 Å². The summed E-state index contributed by atoms with van der Waals surface area (Å²) in [5, 5.41) is 12.4. The molecule has 0 radical (unpaired) electrons. The fourth-order valence-electron chi connectivity index (χ4n) is 2.41. The van der Waals surface area contributed by atoms with Crippen molar-refractivity contribution in [3.05, 3.63) is 59.7 Å². The lowest BCUT2D eigenvalue weighted by atomic mass is 9.99. The average Bonchev–Trinajstić information content (AvgIpc) is 2.62. The van der Waals surface area contributed by atoms with Gasteiger partial charge in [-0.2, -0.15) is 5.26 Å². The van der Waals surface area contributed by atoms with E-state index in [2.05, 4.69) is 11.4 Å². The molecule has 0 fully saturated rings. The predicted octanol–water partition coefficient (Wildman–Crippen LogP) is 3.27. The Morgan fingerprint density at radius 2 is 1.91 bits per heavy atom. The molecule has 0 spiro atoms. The molecule has 0 saturated carbocycles. The normalized spacial score (nSPS) is 11.5. The number of benzene rings is 2. The second kappa shape index (κ2) is 8.11. The maximum Gasteiger partial charge on any atom is 0.322 e. The number of hydrogen-bond donors (Lipinski definition) is 1. The molecule has 0 heterocycles. The van der Waals surface area contributed by atoms with Crippen molar-refractivity contribution in [1.82, 2.24) is 5.32 Å². The number of rotatable bonds is 6. The Morgan fingerprint density at radius 1 is 1.22 bits per heavy atom. The number of methoxy groups -OCH3 is 1. The summed E-state index contributed by atoms with van der Waals surface area (Å²) in [5.74, 6) is -0.243. The van der Waals surface area contributed by atoms with Gasteiger partial charge in [0.05, 0.1) is 18.7 Å². The summed E-state index contributed by atoms with van der Waals surface area (Å²) in [6.45, 7) is 2.53. The van der Waals surface area contributed by atoms with E-state index in [-0.39, 0.29) is 12.0 Å². The van der Waals surface area contributed by atoms with Gasteiger partial charge in [0.25, 0.3) is 0 Å². The van der Waals surface area contributed by atoms with Gasteiger partial charge in [-0.3, -0.25) is 4.79 Å². The number of ether oxygens (including phenoxy) is 1. The molecular weight excluding hydrogens is 288 g/mol. The lowest BCUT2D eigenvalue weighted by Gasteiger charge is -2.14. The van der Waals surface area contributed by atoms with E-state index in [0.717, 1.165) is 16.7 Å². The Morgan fingerprint density at radius 3 is 2.52 bits per heavy atom. The molecule has 1 N–H and O–H groups in total. The van der Waals surface area contributed by atoms with Crippen molar-refractivity contribution >= 4 is 5.97 Å². The van der Waals surface area contributed by atoms with E-state index in [4.69, 9.17) is 4.74 Å². The smallest absolute Gasteiger partial charge is 0.322 e. The first-order valence-electron chi connectivity index (χ1n) is 7.59. The van der Waals surface area contributed by atoms with Gasteiger partial charge in [0.2, 0.25) is 0 Å². The first-order chi connectivity index (χ1) is 11.2. The molecule has 2 aromatic rings. The van der Waals surface area contributed by atoms with Crippen molar-refractivity contribution in [3.63, 3.8) is 0 Å². The minimum absolute atomic E-state index is 0.243. The third kappa shape index (κ3) is 4.18. The maximum absolute atomic E-state index is 11.6. The standard InChI is InChI=1S/C19H20N2O2/c1-3-18(19(22)23-2)21-13-14-8-10-15(11-9-14)17-7-5-4-6-16(17)12-20/h4-11,18,21H,3,13H2,1-2H3. The summed E-state index contributed by atoms with van der Waals surface area (Å²) in [6.07, 6.45) is 0.681. The van der Waals surface area contributed by atoms with Gasteiger partial charge in [0, 0.05) is 6.54 Å². The molecule has 118 valence electrons. The van der Waals surface area contributed by atoms with Crippen LogP contribution in [0.5, 0.6) is 0 Å². The zero-order valence-corrected chi connectivity index (χ0v) is 13.4. The van der Waals surface area contributed by atoms with E-state index >= 15 is 0 Å². The Kier molecular flexibility index (Phi) is 5.90. The zero-order valence-electron chi connectivity index (χ0n) is 13.4. The molecule has 4 heteroatoms. The molecule has 0 aliphatic heterocycles. The fourth-order valence-corrected chi connectivity index (χ4v) is 2.41. The van der Waals surface area contributed by atoms with Crippen LogP contribution in [-0.4, -0.2) is 19.1 Å². The molecule has 0 aromatic heterocycles. The number of nitrogens with one attached hydrogen (secondary N) is 1. The molecule has 4 nitrogen and oxygen atoms in total. The van der Waals surface area contributed by atoms with Crippen molar-refractivity contribution in [2.75, 3.05) is 7.11 Å². The summed E-state index contributed by atoms with van der Waals surface area (Å²) in [7, 11) is 1.40. The van der Waals surface area contributed by atoms with Crippen molar-refractivity contribution < 1.29 is 9.53 Å². The lowest BCUT2D eigenvalue weighted by molar-refractivity contribution is -0.143. The second-order valence-electron chi connectivity index (χ2n) is 5.22. The number of carbonyl (C=O) groups excluding carboxylic acids is 1. The Balaban J connectivity index is 2.08. The van der Waals surface area contributed by atoms with Crippen LogP contribution in [0.25, 0.3) is 11.1 Å². The Labute approximate surface area is 136 Å². The molecule has 0 bridgehead atoms. The summed E-state index contributed by atoms with van der Waals surface area (Å²) in [6, 6.07) is 17.4. The number of nitriles is 1. The molecule has 0 amide bonds. The van der Waals surface area contributed by atoms with Gasteiger partial charge in [-0.15, -0.1) is 0 Å². The molecule has 1 unspecified atom stereocenters. The molecule has 1 atom stereocenters. The SMILES string of the molecule is CCC(NCc1ccc(-c2ccccc2C#N)cc1)C(=O)OC. The molecular formula is C19H20N2O2. The van der Waals surface area contributed by atoms with Crippen LogP contribution in [0.1, 0.15) is 24.5 Å². The van der Waals surface area contributed by atoms with E-state index in [1.165, 1.54) is 7.11 Å². The fraction of sp³-hybridized carbons (Fsp3) is 0.263.